The van der Waals surface area contributed by atoms with Gasteiger partial charge in [0.05, 0.1) is 23.2 Å². The van der Waals surface area contributed by atoms with Crippen LogP contribution in [0.3, 0.4) is 0 Å². The van der Waals surface area contributed by atoms with Gasteiger partial charge in [-0.25, -0.2) is 0 Å². The van der Waals surface area contributed by atoms with Crippen LogP contribution in [-0.4, -0.2) is 28.0 Å². The van der Waals surface area contributed by atoms with E-state index in [2.05, 4.69) is 17.3 Å². The molecule has 0 bridgehead atoms. The van der Waals surface area contributed by atoms with E-state index in [9.17, 15) is 9.59 Å². The zero-order valence-electron chi connectivity index (χ0n) is 15.4. The number of hydrogen-bond donors (Lipinski definition) is 2. The highest BCUT2D eigenvalue weighted by Gasteiger charge is 2.32. The molecule has 0 unspecified atom stereocenters. The molecule has 2 aromatic rings. The number of hydrogen-bond acceptors (Lipinski definition) is 4. The minimum atomic E-state index is -0.258. The summed E-state index contributed by atoms with van der Waals surface area (Å²) in [6, 6.07) is 7.85. The summed E-state index contributed by atoms with van der Waals surface area (Å²) in [5.41, 5.74) is 1.36. The molecule has 1 aliphatic rings. The number of fused-ring (bicyclic) bond motifs is 1. The van der Waals surface area contributed by atoms with Gasteiger partial charge in [0.15, 0.2) is 0 Å². The van der Waals surface area contributed by atoms with Crippen LogP contribution >= 0.6 is 11.8 Å². The average Bonchev–Trinajstić information content (AvgIpc) is 2.85. The lowest BCUT2D eigenvalue weighted by Gasteiger charge is -2.18. The molecule has 0 fully saturated rings. The van der Waals surface area contributed by atoms with Gasteiger partial charge < -0.3 is 10.1 Å². The smallest absolute Gasteiger partial charge is 0.270 e. The van der Waals surface area contributed by atoms with Crippen molar-refractivity contribution in [1.29, 1.82) is 0 Å². The van der Waals surface area contributed by atoms with Crippen LogP contribution in [0.15, 0.2) is 29.1 Å². The summed E-state index contributed by atoms with van der Waals surface area (Å²) >= 11 is 1.46. The van der Waals surface area contributed by atoms with Crippen molar-refractivity contribution in [3.05, 3.63) is 45.7 Å². The standard InChI is InChI=1S/C19H25N3O3S/c1-4-10-25-14-9-7-6-8-13(14)17-16-18(20-15(23)11-26-17)22(12(3)5-2)21-19(16)24/h6-9,12,17H,4-5,10-11H2,1-3H3,(H,20,23)(H,21,24)/t12-,17-/m0/s1. The number of nitrogens with zero attached hydrogens (tertiary/aromatic N) is 1. The fraction of sp³-hybridized carbons (Fsp3) is 0.474. The Balaban J connectivity index is 2.13. The van der Waals surface area contributed by atoms with Gasteiger partial charge in [0, 0.05) is 11.6 Å². The Kier molecular flexibility index (Phi) is 5.76. The molecule has 1 aromatic heterocycles. The van der Waals surface area contributed by atoms with E-state index in [1.807, 2.05) is 38.1 Å². The van der Waals surface area contributed by atoms with Crippen molar-refractivity contribution >= 4 is 23.5 Å². The molecule has 1 amide bonds. The first kappa shape index (κ1) is 18.6. The van der Waals surface area contributed by atoms with Crippen molar-refractivity contribution in [3.8, 4) is 5.75 Å². The molecule has 0 saturated carbocycles. The van der Waals surface area contributed by atoms with Gasteiger partial charge in [-0.15, -0.1) is 11.8 Å². The summed E-state index contributed by atoms with van der Waals surface area (Å²) < 4.78 is 7.68. The molecule has 2 heterocycles. The molecular formula is C19H25N3O3S. The van der Waals surface area contributed by atoms with E-state index < -0.39 is 0 Å². The third-order valence-corrected chi connectivity index (χ3v) is 5.81. The maximum absolute atomic E-state index is 12.8. The molecule has 1 aliphatic heterocycles. The summed E-state index contributed by atoms with van der Waals surface area (Å²) in [5, 5.41) is 5.57. The number of aromatic nitrogens is 2. The zero-order chi connectivity index (χ0) is 18.7. The SMILES string of the molecule is CCCOc1ccccc1[C@@H]1SCC(=O)Nc2c1c(=O)[nH]n2[C@@H](C)CC. The van der Waals surface area contributed by atoms with Crippen LogP contribution in [0, 0.1) is 0 Å². The fourth-order valence-electron chi connectivity index (χ4n) is 3.04. The Labute approximate surface area is 157 Å². The van der Waals surface area contributed by atoms with Crippen molar-refractivity contribution in [2.24, 2.45) is 0 Å². The molecular weight excluding hydrogens is 350 g/mol. The number of carbonyl (C=O) groups excluding carboxylic acids is 1. The van der Waals surface area contributed by atoms with Crippen LogP contribution in [-0.2, 0) is 4.79 Å². The van der Waals surface area contributed by atoms with E-state index in [4.69, 9.17) is 4.74 Å². The Morgan fingerprint density at radius 1 is 1.31 bits per heavy atom. The minimum Gasteiger partial charge on any atom is -0.493 e. The second kappa shape index (κ2) is 8.03. The summed E-state index contributed by atoms with van der Waals surface area (Å²) in [7, 11) is 0. The van der Waals surface area contributed by atoms with E-state index in [1.165, 1.54) is 11.8 Å². The number of H-pyrrole nitrogens is 1. The van der Waals surface area contributed by atoms with E-state index in [1.54, 1.807) is 4.68 Å². The van der Waals surface area contributed by atoms with Gasteiger partial charge in [0.25, 0.3) is 5.56 Å². The van der Waals surface area contributed by atoms with Crippen molar-refractivity contribution in [2.45, 2.75) is 44.9 Å². The summed E-state index contributed by atoms with van der Waals surface area (Å²) in [4.78, 5) is 25.1. The molecule has 0 saturated heterocycles. The number of nitrogens with one attached hydrogen (secondary N) is 2. The highest BCUT2D eigenvalue weighted by atomic mass is 32.2. The predicted octanol–water partition coefficient (Wildman–Crippen LogP) is 3.71. The topological polar surface area (TPSA) is 76.1 Å². The van der Waals surface area contributed by atoms with Crippen molar-refractivity contribution in [1.82, 2.24) is 9.78 Å². The van der Waals surface area contributed by atoms with Gasteiger partial charge in [-0.3, -0.25) is 19.4 Å². The van der Waals surface area contributed by atoms with Crippen molar-refractivity contribution in [2.75, 3.05) is 17.7 Å². The monoisotopic (exact) mass is 375 g/mol. The molecule has 1 aromatic carbocycles. The van der Waals surface area contributed by atoms with Gasteiger partial charge in [-0.05, 0) is 25.8 Å². The molecule has 0 aliphatic carbocycles. The first-order valence-corrected chi connectivity index (χ1v) is 10.1. The number of ether oxygens (including phenoxy) is 1. The van der Waals surface area contributed by atoms with Crippen molar-refractivity contribution < 1.29 is 9.53 Å². The summed E-state index contributed by atoms with van der Waals surface area (Å²) in [6.07, 6.45) is 1.75. The minimum absolute atomic E-state index is 0.0853. The van der Waals surface area contributed by atoms with Crippen molar-refractivity contribution in [3.63, 3.8) is 0 Å². The van der Waals surface area contributed by atoms with E-state index in [0.717, 1.165) is 24.2 Å². The number of amides is 1. The molecule has 0 radical (unpaired) electrons. The van der Waals surface area contributed by atoms with Gasteiger partial charge >= 0.3 is 0 Å². The Morgan fingerprint density at radius 2 is 2.08 bits per heavy atom. The quantitative estimate of drug-likeness (QED) is 0.807. The molecule has 6 nitrogen and oxygen atoms in total. The second-order valence-electron chi connectivity index (χ2n) is 6.46. The number of rotatable bonds is 6. The predicted molar refractivity (Wildman–Crippen MR) is 105 cm³/mol. The maximum Gasteiger partial charge on any atom is 0.270 e. The lowest BCUT2D eigenvalue weighted by molar-refractivity contribution is -0.113. The highest BCUT2D eigenvalue weighted by molar-refractivity contribution is 8.00. The summed E-state index contributed by atoms with van der Waals surface area (Å²) in [5.74, 6) is 1.54. The largest absolute Gasteiger partial charge is 0.493 e. The van der Waals surface area contributed by atoms with Crippen LogP contribution in [0.2, 0.25) is 0 Å². The molecule has 7 heteroatoms. The third kappa shape index (κ3) is 3.53. The Morgan fingerprint density at radius 3 is 2.81 bits per heavy atom. The van der Waals surface area contributed by atoms with Crippen LogP contribution in [0.25, 0.3) is 0 Å². The lowest BCUT2D eigenvalue weighted by Crippen LogP contribution is -2.18. The first-order valence-electron chi connectivity index (χ1n) is 9.04. The van der Waals surface area contributed by atoms with E-state index in [0.29, 0.717) is 23.7 Å². The molecule has 140 valence electrons. The Hall–Kier alpha value is -2.15. The number of thioether (sulfide) groups is 1. The first-order chi connectivity index (χ1) is 12.6. The van der Waals surface area contributed by atoms with Gasteiger partial charge in [0.1, 0.15) is 11.6 Å². The van der Waals surface area contributed by atoms with E-state index in [-0.39, 0.29) is 22.8 Å². The lowest BCUT2D eigenvalue weighted by atomic mass is 10.0. The van der Waals surface area contributed by atoms with Crippen LogP contribution < -0.4 is 15.6 Å². The van der Waals surface area contributed by atoms with Gasteiger partial charge in [-0.2, -0.15) is 0 Å². The van der Waals surface area contributed by atoms with Gasteiger partial charge in [-0.1, -0.05) is 32.0 Å². The zero-order valence-corrected chi connectivity index (χ0v) is 16.2. The number of para-hydroxylation sites is 1. The number of benzene rings is 1. The average molecular weight is 375 g/mol. The molecule has 3 rings (SSSR count). The highest BCUT2D eigenvalue weighted by Crippen LogP contribution is 2.43. The van der Waals surface area contributed by atoms with E-state index >= 15 is 0 Å². The van der Waals surface area contributed by atoms with Crippen LogP contribution in [0.4, 0.5) is 5.82 Å². The normalized spacial score (nSPS) is 18.0. The van der Waals surface area contributed by atoms with Gasteiger partial charge in [0.2, 0.25) is 5.91 Å². The third-order valence-electron chi connectivity index (χ3n) is 4.56. The number of anilines is 1. The molecule has 2 N–H and O–H groups in total. The summed E-state index contributed by atoms with van der Waals surface area (Å²) in [6.45, 7) is 6.74. The Bertz CT molecular complexity index is 843. The molecule has 2 atom stereocenters. The maximum atomic E-state index is 12.8. The van der Waals surface area contributed by atoms with Crippen LogP contribution in [0.5, 0.6) is 5.75 Å². The van der Waals surface area contributed by atoms with Crippen LogP contribution in [0.1, 0.15) is 56.0 Å². The second-order valence-corrected chi connectivity index (χ2v) is 7.55. The molecule has 0 spiro atoms. The number of aromatic amines is 1. The fourth-order valence-corrected chi connectivity index (χ4v) is 4.19. The molecule has 26 heavy (non-hydrogen) atoms. The number of carbonyl (C=O) groups is 1.